The van der Waals surface area contributed by atoms with Gasteiger partial charge in [0.2, 0.25) is 0 Å². The lowest BCUT2D eigenvalue weighted by Crippen LogP contribution is -2.04. The summed E-state index contributed by atoms with van der Waals surface area (Å²) >= 11 is 7.37. The molecule has 0 saturated carbocycles. The zero-order chi connectivity index (χ0) is 13.1. The Morgan fingerprint density at radius 1 is 1.33 bits per heavy atom. The number of nitrogens with zero attached hydrogens (tertiary/aromatic N) is 3. The van der Waals surface area contributed by atoms with Gasteiger partial charge in [-0.05, 0) is 31.5 Å². The Bertz CT molecular complexity index is 525. The maximum atomic E-state index is 9.34. The number of benzene rings is 1. The van der Waals surface area contributed by atoms with Crippen LogP contribution in [0.2, 0.25) is 5.02 Å². The van der Waals surface area contributed by atoms with Gasteiger partial charge in [-0.3, -0.25) is 0 Å². The fourth-order valence-corrected chi connectivity index (χ4v) is 2.61. The Balaban J connectivity index is 2.08. The topological polar surface area (TPSA) is 50.9 Å². The van der Waals surface area contributed by atoms with E-state index in [1.165, 1.54) is 0 Å². The molecule has 2 aromatic rings. The standard InChI is InChI=1S/C12H14ClN3OS/c1-8(2)16-12(14-11(17)15-16)18-7-9-3-5-10(13)6-4-9/h3-6,8H,7H2,1-2H3,(H,15,17). The number of halogens is 1. The fourth-order valence-electron chi connectivity index (χ4n) is 1.46. The van der Waals surface area contributed by atoms with E-state index in [4.69, 9.17) is 11.6 Å². The van der Waals surface area contributed by atoms with Crippen LogP contribution in [0.3, 0.4) is 0 Å². The van der Waals surface area contributed by atoms with Crippen LogP contribution in [0.5, 0.6) is 6.01 Å². The molecular formula is C12H14ClN3OS. The van der Waals surface area contributed by atoms with E-state index in [2.05, 4.69) is 10.1 Å². The fraction of sp³-hybridized carbons (Fsp3) is 0.333. The molecule has 96 valence electrons. The molecule has 0 saturated heterocycles. The van der Waals surface area contributed by atoms with Crippen LogP contribution in [0.25, 0.3) is 0 Å². The Morgan fingerprint density at radius 3 is 2.61 bits per heavy atom. The number of hydrogen-bond acceptors (Lipinski definition) is 4. The average Bonchev–Trinajstić information content (AvgIpc) is 2.70. The predicted octanol–water partition coefficient (Wildman–Crippen LogP) is 3.51. The molecule has 1 aromatic heterocycles. The SMILES string of the molecule is CC(C)n1nc(O)nc1SCc1ccc(Cl)cc1. The van der Waals surface area contributed by atoms with Crippen molar-refractivity contribution in [3.63, 3.8) is 0 Å². The van der Waals surface area contributed by atoms with Gasteiger partial charge in [0.1, 0.15) is 0 Å². The van der Waals surface area contributed by atoms with Gasteiger partial charge < -0.3 is 5.11 Å². The Hall–Kier alpha value is -1.20. The van der Waals surface area contributed by atoms with Gasteiger partial charge in [0.25, 0.3) is 0 Å². The zero-order valence-electron chi connectivity index (χ0n) is 10.2. The van der Waals surface area contributed by atoms with Gasteiger partial charge in [0, 0.05) is 16.8 Å². The van der Waals surface area contributed by atoms with Gasteiger partial charge >= 0.3 is 6.01 Å². The lowest BCUT2D eigenvalue weighted by Gasteiger charge is -2.08. The number of aromatic hydroxyl groups is 1. The number of thioether (sulfide) groups is 1. The van der Waals surface area contributed by atoms with Gasteiger partial charge in [-0.2, -0.15) is 4.98 Å². The first-order valence-electron chi connectivity index (χ1n) is 5.59. The van der Waals surface area contributed by atoms with E-state index in [1.807, 2.05) is 38.1 Å². The molecule has 0 aliphatic heterocycles. The van der Waals surface area contributed by atoms with Crippen molar-refractivity contribution in [3.05, 3.63) is 34.9 Å². The molecule has 0 unspecified atom stereocenters. The molecule has 18 heavy (non-hydrogen) atoms. The summed E-state index contributed by atoms with van der Waals surface area (Å²) in [6.45, 7) is 4.00. The highest BCUT2D eigenvalue weighted by Gasteiger charge is 2.12. The summed E-state index contributed by atoms with van der Waals surface area (Å²) in [5.74, 6) is 0.766. The summed E-state index contributed by atoms with van der Waals surface area (Å²) in [6, 6.07) is 7.68. The third-order valence-corrected chi connectivity index (χ3v) is 3.63. The third-order valence-electron chi connectivity index (χ3n) is 2.36. The summed E-state index contributed by atoms with van der Waals surface area (Å²) < 4.78 is 1.72. The van der Waals surface area contributed by atoms with Crippen LogP contribution in [0.1, 0.15) is 25.5 Å². The third kappa shape index (κ3) is 3.17. The van der Waals surface area contributed by atoms with Gasteiger partial charge in [-0.1, -0.05) is 35.5 Å². The van der Waals surface area contributed by atoms with Crippen molar-refractivity contribution in [2.75, 3.05) is 0 Å². The highest BCUT2D eigenvalue weighted by atomic mass is 35.5. The normalized spacial score (nSPS) is 11.1. The van der Waals surface area contributed by atoms with Crippen molar-refractivity contribution < 1.29 is 5.11 Å². The number of hydrogen-bond donors (Lipinski definition) is 1. The molecule has 1 aromatic carbocycles. The smallest absolute Gasteiger partial charge is 0.333 e. The second-order valence-corrected chi connectivity index (χ2v) is 5.53. The van der Waals surface area contributed by atoms with Crippen LogP contribution in [0.4, 0.5) is 0 Å². The van der Waals surface area contributed by atoms with Gasteiger partial charge in [0.15, 0.2) is 5.16 Å². The Labute approximate surface area is 115 Å². The van der Waals surface area contributed by atoms with E-state index in [1.54, 1.807) is 16.4 Å². The van der Waals surface area contributed by atoms with Crippen LogP contribution in [0, 0.1) is 0 Å². The lowest BCUT2D eigenvalue weighted by molar-refractivity contribution is 0.413. The monoisotopic (exact) mass is 283 g/mol. The lowest BCUT2D eigenvalue weighted by atomic mass is 10.2. The quantitative estimate of drug-likeness (QED) is 0.873. The summed E-state index contributed by atoms with van der Waals surface area (Å²) in [5.41, 5.74) is 1.15. The molecule has 1 heterocycles. The minimum absolute atomic E-state index is 0.172. The molecule has 1 N–H and O–H groups in total. The number of rotatable bonds is 4. The van der Waals surface area contributed by atoms with Crippen molar-refractivity contribution in [2.24, 2.45) is 0 Å². The zero-order valence-corrected chi connectivity index (χ0v) is 11.7. The maximum absolute atomic E-state index is 9.34. The van der Waals surface area contributed by atoms with E-state index in [0.717, 1.165) is 21.5 Å². The first-order valence-corrected chi connectivity index (χ1v) is 6.95. The minimum atomic E-state index is -0.178. The Morgan fingerprint density at radius 2 is 2.00 bits per heavy atom. The number of aromatic nitrogens is 3. The predicted molar refractivity (Wildman–Crippen MR) is 73.1 cm³/mol. The van der Waals surface area contributed by atoms with E-state index in [-0.39, 0.29) is 12.1 Å². The van der Waals surface area contributed by atoms with Crippen molar-refractivity contribution >= 4 is 23.4 Å². The molecule has 0 atom stereocenters. The van der Waals surface area contributed by atoms with Gasteiger partial charge in [-0.25, -0.2) is 4.68 Å². The minimum Gasteiger partial charge on any atom is -0.478 e. The first-order chi connectivity index (χ1) is 8.56. The van der Waals surface area contributed by atoms with E-state index in [0.29, 0.717) is 0 Å². The van der Waals surface area contributed by atoms with Crippen LogP contribution < -0.4 is 0 Å². The van der Waals surface area contributed by atoms with Crippen LogP contribution in [-0.4, -0.2) is 19.9 Å². The Kier molecular flexibility index (Phi) is 4.14. The van der Waals surface area contributed by atoms with Crippen LogP contribution in [-0.2, 0) is 5.75 Å². The molecule has 0 aliphatic carbocycles. The molecule has 0 aliphatic rings. The van der Waals surface area contributed by atoms with Crippen LogP contribution in [0.15, 0.2) is 29.4 Å². The summed E-state index contributed by atoms with van der Waals surface area (Å²) in [7, 11) is 0. The van der Waals surface area contributed by atoms with Crippen molar-refractivity contribution in [2.45, 2.75) is 30.8 Å². The van der Waals surface area contributed by atoms with Gasteiger partial charge in [0.05, 0.1) is 0 Å². The van der Waals surface area contributed by atoms with Crippen LogP contribution >= 0.6 is 23.4 Å². The second-order valence-electron chi connectivity index (χ2n) is 4.15. The van der Waals surface area contributed by atoms with Crippen molar-refractivity contribution in [1.82, 2.24) is 14.8 Å². The summed E-state index contributed by atoms with van der Waals surface area (Å²) in [4.78, 5) is 4.01. The van der Waals surface area contributed by atoms with Crippen molar-refractivity contribution in [1.29, 1.82) is 0 Å². The summed E-state index contributed by atoms with van der Waals surface area (Å²) in [5, 5.41) is 14.7. The highest BCUT2D eigenvalue weighted by Crippen LogP contribution is 2.25. The largest absolute Gasteiger partial charge is 0.478 e. The van der Waals surface area contributed by atoms with E-state index < -0.39 is 0 Å². The molecule has 0 amide bonds. The molecule has 0 fully saturated rings. The molecule has 0 bridgehead atoms. The average molecular weight is 284 g/mol. The molecular weight excluding hydrogens is 270 g/mol. The van der Waals surface area contributed by atoms with Gasteiger partial charge in [-0.15, -0.1) is 5.10 Å². The molecule has 4 nitrogen and oxygen atoms in total. The second kappa shape index (κ2) is 5.63. The molecule has 0 radical (unpaired) electrons. The molecule has 6 heteroatoms. The first kappa shape index (κ1) is 13.2. The maximum Gasteiger partial charge on any atom is 0.333 e. The van der Waals surface area contributed by atoms with Crippen molar-refractivity contribution in [3.8, 4) is 6.01 Å². The van der Waals surface area contributed by atoms with E-state index >= 15 is 0 Å². The van der Waals surface area contributed by atoms with E-state index in [9.17, 15) is 5.11 Å². The highest BCUT2D eigenvalue weighted by molar-refractivity contribution is 7.98. The summed E-state index contributed by atoms with van der Waals surface area (Å²) in [6.07, 6.45) is 0. The molecule has 0 spiro atoms. The molecule has 2 rings (SSSR count).